The van der Waals surface area contributed by atoms with Gasteiger partial charge in [0.1, 0.15) is 0 Å². The Morgan fingerprint density at radius 1 is 1.53 bits per heavy atom. The quantitative estimate of drug-likeness (QED) is 0.774. The molecule has 0 aliphatic rings. The summed E-state index contributed by atoms with van der Waals surface area (Å²) in [7, 11) is 1.76. The van der Waals surface area contributed by atoms with Crippen molar-refractivity contribution in [3.05, 3.63) is 36.3 Å². The van der Waals surface area contributed by atoms with Crippen LogP contribution in [0.4, 0.5) is 0 Å². The van der Waals surface area contributed by atoms with E-state index in [2.05, 4.69) is 10.1 Å². The summed E-state index contributed by atoms with van der Waals surface area (Å²) in [6.45, 7) is 0. The molecule has 1 amide bonds. The van der Waals surface area contributed by atoms with Crippen LogP contribution in [0.15, 0.2) is 30.6 Å². The van der Waals surface area contributed by atoms with Gasteiger partial charge in [0.2, 0.25) is 0 Å². The SMILES string of the molecule is Cn1nc(C(N)=O)cc1-c1cccnc1. The summed E-state index contributed by atoms with van der Waals surface area (Å²) < 4.78 is 1.61. The maximum absolute atomic E-state index is 10.9. The molecule has 0 bridgehead atoms. The molecule has 0 fully saturated rings. The molecule has 0 saturated carbocycles. The number of nitrogens with two attached hydrogens (primary N) is 1. The summed E-state index contributed by atoms with van der Waals surface area (Å²) in [5.74, 6) is -0.527. The molecule has 0 aliphatic heterocycles. The fourth-order valence-corrected chi connectivity index (χ4v) is 1.37. The highest BCUT2D eigenvalue weighted by molar-refractivity contribution is 5.91. The topological polar surface area (TPSA) is 73.8 Å². The normalized spacial score (nSPS) is 10.2. The molecule has 0 aromatic carbocycles. The summed E-state index contributed by atoms with van der Waals surface area (Å²) in [5.41, 5.74) is 7.12. The van der Waals surface area contributed by atoms with E-state index in [1.807, 2.05) is 12.1 Å². The molecule has 2 rings (SSSR count). The van der Waals surface area contributed by atoms with Gasteiger partial charge in [-0.25, -0.2) is 0 Å². The van der Waals surface area contributed by atoms with Gasteiger partial charge in [-0.2, -0.15) is 5.10 Å². The molecule has 2 aromatic rings. The lowest BCUT2D eigenvalue weighted by molar-refractivity contribution is 0.0995. The third-order valence-corrected chi connectivity index (χ3v) is 2.09. The summed E-state index contributed by atoms with van der Waals surface area (Å²) in [5, 5.41) is 4.00. The molecule has 2 aromatic heterocycles. The van der Waals surface area contributed by atoms with Gasteiger partial charge >= 0.3 is 0 Å². The van der Waals surface area contributed by atoms with E-state index in [4.69, 9.17) is 5.73 Å². The smallest absolute Gasteiger partial charge is 0.269 e. The number of rotatable bonds is 2. The first-order valence-corrected chi connectivity index (χ1v) is 4.42. The largest absolute Gasteiger partial charge is 0.364 e. The zero-order valence-corrected chi connectivity index (χ0v) is 8.21. The lowest BCUT2D eigenvalue weighted by Gasteiger charge is -1.99. The minimum Gasteiger partial charge on any atom is -0.364 e. The second-order valence-corrected chi connectivity index (χ2v) is 3.14. The Morgan fingerprint density at radius 3 is 2.87 bits per heavy atom. The van der Waals surface area contributed by atoms with Crippen molar-refractivity contribution in [2.45, 2.75) is 0 Å². The average molecular weight is 202 g/mol. The molecule has 76 valence electrons. The molecule has 0 unspecified atom stereocenters. The molecule has 0 aliphatic carbocycles. The molecule has 2 N–H and O–H groups in total. The minimum absolute atomic E-state index is 0.261. The van der Waals surface area contributed by atoms with Crippen molar-refractivity contribution in [2.75, 3.05) is 0 Å². The number of aromatic nitrogens is 3. The summed E-state index contributed by atoms with van der Waals surface area (Å²) in [6.07, 6.45) is 3.40. The predicted octanol–water partition coefficient (Wildman–Crippen LogP) is 0.581. The van der Waals surface area contributed by atoms with Crippen molar-refractivity contribution in [1.82, 2.24) is 14.8 Å². The summed E-state index contributed by atoms with van der Waals surface area (Å²) in [6, 6.07) is 5.38. The average Bonchev–Trinajstić information content (AvgIpc) is 2.62. The van der Waals surface area contributed by atoms with Crippen molar-refractivity contribution in [3.8, 4) is 11.3 Å². The first-order valence-electron chi connectivity index (χ1n) is 4.42. The van der Waals surface area contributed by atoms with Crippen molar-refractivity contribution in [3.63, 3.8) is 0 Å². The lowest BCUT2D eigenvalue weighted by Crippen LogP contribution is -2.11. The molecular weight excluding hydrogens is 192 g/mol. The van der Waals surface area contributed by atoms with Crippen LogP contribution in [0.3, 0.4) is 0 Å². The number of amides is 1. The monoisotopic (exact) mass is 202 g/mol. The van der Waals surface area contributed by atoms with Crippen molar-refractivity contribution >= 4 is 5.91 Å². The Hall–Kier alpha value is -2.17. The molecule has 15 heavy (non-hydrogen) atoms. The number of carbonyl (C=O) groups is 1. The van der Waals surface area contributed by atoms with Gasteiger partial charge in [-0.3, -0.25) is 14.5 Å². The van der Waals surface area contributed by atoms with Crippen LogP contribution >= 0.6 is 0 Å². The Morgan fingerprint density at radius 2 is 2.33 bits per heavy atom. The fourth-order valence-electron chi connectivity index (χ4n) is 1.37. The summed E-state index contributed by atoms with van der Waals surface area (Å²) >= 11 is 0. The van der Waals surface area contributed by atoms with Gasteiger partial charge in [0.05, 0.1) is 5.69 Å². The number of primary amides is 1. The van der Waals surface area contributed by atoms with Gasteiger partial charge in [-0.1, -0.05) is 0 Å². The second-order valence-electron chi connectivity index (χ2n) is 3.14. The van der Waals surface area contributed by atoms with Crippen LogP contribution in [0.2, 0.25) is 0 Å². The van der Waals surface area contributed by atoms with Crippen molar-refractivity contribution < 1.29 is 4.79 Å². The fraction of sp³-hybridized carbons (Fsp3) is 0.100. The number of hydrogen-bond donors (Lipinski definition) is 1. The van der Waals surface area contributed by atoms with Gasteiger partial charge in [-0.05, 0) is 18.2 Å². The van der Waals surface area contributed by atoms with E-state index in [9.17, 15) is 4.79 Å². The van der Waals surface area contributed by atoms with Gasteiger partial charge < -0.3 is 5.73 Å². The third kappa shape index (κ3) is 1.71. The van der Waals surface area contributed by atoms with E-state index in [1.54, 1.807) is 30.2 Å². The molecular formula is C10H10N4O. The van der Waals surface area contributed by atoms with Crippen LogP contribution in [0.1, 0.15) is 10.5 Å². The Labute approximate surface area is 86.5 Å². The molecule has 0 spiro atoms. The van der Waals surface area contributed by atoms with Crippen LogP contribution in [-0.4, -0.2) is 20.7 Å². The van der Waals surface area contributed by atoms with Gasteiger partial charge in [-0.15, -0.1) is 0 Å². The van der Waals surface area contributed by atoms with E-state index < -0.39 is 5.91 Å². The Bertz CT molecular complexity index is 489. The highest BCUT2D eigenvalue weighted by Gasteiger charge is 2.10. The van der Waals surface area contributed by atoms with Crippen molar-refractivity contribution in [1.29, 1.82) is 0 Å². The molecule has 5 heteroatoms. The van der Waals surface area contributed by atoms with E-state index in [0.717, 1.165) is 11.3 Å². The number of carbonyl (C=O) groups excluding carboxylic acids is 1. The molecule has 0 atom stereocenters. The van der Waals surface area contributed by atoms with Gasteiger partial charge in [0.25, 0.3) is 5.91 Å². The maximum atomic E-state index is 10.9. The van der Waals surface area contributed by atoms with Crippen LogP contribution in [0.25, 0.3) is 11.3 Å². The Balaban J connectivity index is 2.50. The van der Waals surface area contributed by atoms with Crippen LogP contribution < -0.4 is 5.73 Å². The molecule has 0 radical (unpaired) electrons. The van der Waals surface area contributed by atoms with Crippen LogP contribution in [0.5, 0.6) is 0 Å². The van der Waals surface area contributed by atoms with E-state index >= 15 is 0 Å². The number of aryl methyl sites for hydroxylation is 1. The van der Waals surface area contributed by atoms with Crippen LogP contribution in [-0.2, 0) is 7.05 Å². The summed E-state index contributed by atoms with van der Waals surface area (Å²) in [4.78, 5) is 14.9. The first kappa shape index (κ1) is 9.39. The predicted molar refractivity (Wildman–Crippen MR) is 55.0 cm³/mol. The first-order chi connectivity index (χ1) is 7.18. The number of pyridine rings is 1. The zero-order valence-electron chi connectivity index (χ0n) is 8.21. The van der Waals surface area contributed by atoms with Gasteiger partial charge in [0, 0.05) is 25.0 Å². The highest BCUT2D eigenvalue weighted by atomic mass is 16.1. The van der Waals surface area contributed by atoms with Gasteiger partial charge in [0.15, 0.2) is 5.69 Å². The third-order valence-electron chi connectivity index (χ3n) is 2.09. The minimum atomic E-state index is -0.527. The molecule has 0 saturated heterocycles. The highest BCUT2D eigenvalue weighted by Crippen LogP contribution is 2.17. The molecule has 5 nitrogen and oxygen atoms in total. The van der Waals surface area contributed by atoms with E-state index in [-0.39, 0.29) is 5.69 Å². The zero-order chi connectivity index (χ0) is 10.8. The standard InChI is InChI=1S/C10H10N4O/c1-14-9(5-8(13-14)10(11)15)7-3-2-4-12-6-7/h2-6H,1H3,(H2,11,15). The maximum Gasteiger partial charge on any atom is 0.269 e. The number of nitrogens with zero attached hydrogens (tertiary/aromatic N) is 3. The van der Waals surface area contributed by atoms with E-state index in [1.165, 1.54) is 0 Å². The number of hydrogen-bond acceptors (Lipinski definition) is 3. The van der Waals surface area contributed by atoms with E-state index in [0.29, 0.717) is 0 Å². The molecule has 2 heterocycles. The Kier molecular flexibility index (Phi) is 2.21. The van der Waals surface area contributed by atoms with Crippen LogP contribution in [0, 0.1) is 0 Å². The second kappa shape index (κ2) is 3.53. The van der Waals surface area contributed by atoms with Crippen molar-refractivity contribution in [2.24, 2.45) is 12.8 Å². The lowest BCUT2D eigenvalue weighted by atomic mass is 10.2.